The van der Waals surface area contributed by atoms with Crippen LogP contribution < -0.4 is 14.8 Å². The smallest absolute Gasteiger partial charge is 0.257 e. The molecule has 158 valence electrons. The van der Waals surface area contributed by atoms with Crippen molar-refractivity contribution in [2.45, 2.75) is 23.9 Å². The minimum Gasteiger partial charge on any atom is -0.493 e. The summed E-state index contributed by atoms with van der Waals surface area (Å²) in [6.07, 6.45) is 0. The molecule has 0 saturated carbocycles. The van der Waals surface area contributed by atoms with Crippen LogP contribution in [-0.2, 0) is 5.75 Å². The summed E-state index contributed by atoms with van der Waals surface area (Å²) in [5, 5.41) is 11.1. The normalized spacial score (nSPS) is 10.8. The quantitative estimate of drug-likeness (QED) is 0.356. The Hall–Kier alpha value is -2.65. The van der Waals surface area contributed by atoms with Crippen molar-refractivity contribution < 1.29 is 18.7 Å². The van der Waals surface area contributed by atoms with Gasteiger partial charge in [0.25, 0.3) is 5.91 Å². The van der Waals surface area contributed by atoms with E-state index in [2.05, 4.69) is 29.4 Å². The van der Waals surface area contributed by atoms with Crippen LogP contribution in [0.4, 0.5) is 9.52 Å². The van der Waals surface area contributed by atoms with E-state index in [1.54, 1.807) is 36.4 Å². The third-order valence-corrected chi connectivity index (χ3v) is 5.95. The van der Waals surface area contributed by atoms with E-state index in [0.717, 1.165) is 0 Å². The van der Waals surface area contributed by atoms with Gasteiger partial charge in [-0.1, -0.05) is 55.1 Å². The first-order valence-corrected chi connectivity index (χ1v) is 11.1. The first-order chi connectivity index (χ1) is 14.5. The molecule has 6 nitrogen and oxygen atoms in total. The highest BCUT2D eigenvalue weighted by molar-refractivity contribution is 8.00. The summed E-state index contributed by atoms with van der Waals surface area (Å²) in [5.74, 6) is 1.31. The Balaban J connectivity index is 1.61. The number of aromatic nitrogens is 2. The number of thioether (sulfide) groups is 1. The van der Waals surface area contributed by atoms with Crippen molar-refractivity contribution in [3.63, 3.8) is 0 Å². The van der Waals surface area contributed by atoms with Crippen LogP contribution in [0.3, 0.4) is 0 Å². The minimum atomic E-state index is -0.328. The predicted molar refractivity (Wildman–Crippen MR) is 117 cm³/mol. The van der Waals surface area contributed by atoms with Gasteiger partial charge in [-0.25, -0.2) is 4.39 Å². The summed E-state index contributed by atoms with van der Waals surface area (Å²) in [5.41, 5.74) is 1.01. The fraction of sp³-hybridized carbons (Fsp3) is 0.286. The number of amides is 1. The Morgan fingerprint density at radius 2 is 2.00 bits per heavy atom. The van der Waals surface area contributed by atoms with E-state index < -0.39 is 0 Å². The van der Waals surface area contributed by atoms with Gasteiger partial charge < -0.3 is 9.47 Å². The van der Waals surface area contributed by atoms with Crippen LogP contribution in [0.2, 0.25) is 0 Å². The lowest BCUT2D eigenvalue weighted by molar-refractivity contribution is 0.102. The zero-order valence-corrected chi connectivity index (χ0v) is 18.5. The molecular formula is C21H22FN3O3S2. The maximum absolute atomic E-state index is 13.7. The van der Waals surface area contributed by atoms with E-state index >= 15 is 0 Å². The Bertz CT molecular complexity index is 1010. The molecule has 0 radical (unpaired) electrons. The molecule has 9 heteroatoms. The Kier molecular flexibility index (Phi) is 7.64. The molecule has 0 saturated heterocycles. The predicted octanol–water partition coefficient (Wildman–Crippen LogP) is 5.27. The van der Waals surface area contributed by atoms with Crippen LogP contribution in [-0.4, -0.2) is 29.8 Å². The summed E-state index contributed by atoms with van der Waals surface area (Å²) in [4.78, 5) is 12.6. The van der Waals surface area contributed by atoms with Gasteiger partial charge in [0.05, 0.1) is 13.7 Å². The number of benzene rings is 2. The second-order valence-corrected chi connectivity index (χ2v) is 8.98. The molecular weight excluding hydrogens is 425 g/mol. The molecule has 0 atom stereocenters. The van der Waals surface area contributed by atoms with Gasteiger partial charge in [-0.05, 0) is 35.7 Å². The van der Waals surface area contributed by atoms with Crippen LogP contribution in [0.25, 0.3) is 0 Å². The molecule has 0 spiro atoms. The third-order valence-electron chi connectivity index (χ3n) is 3.93. The second-order valence-electron chi connectivity index (χ2n) is 6.78. The Labute approximate surface area is 182 Å². The molecule has 1 heterocycles. The van der Waals surface area contributed by atoms with E-state index in [1.165, 1.54) is 36.3 Å². The molecule has 0 bridgehead atoms. The van der Waals surface area contributed by atoms with Crippen molar-refractivity contribution in [1.82, 2.24) is 10.2 Å². The summed E-state index contributed by atoms with van der Waals surface area (Å²) in [6, 6.07) is 11.6. The number of nitrogens with zero attached hydrogens (tertiary/aromatic N) is 2. The number of ether oxygens (including phenoxy) is 2. The number of rotatable bonds is 9. The van der Waals surface area contributed by atoms with Gasteiger partial charge in [0.2, 0.25) is 5.13 Å². The van der Waals surface area contributed by atoms with Gasteiger partial charge in [-0.3, -0.25) is 10.1 Å². The molecule has 3 rings (SSSR count). The summed E-state index contributed by atoms with van der Waals surface area (Å²) in [7, 11) is 1.53. The highest BCUT2D eigenvalue weighted by Gasteiger charge is 2.14. The lowest BCUT2D eigenvalue weighted by Crippen LogP contribution is -2.12. The number of carbonyl (C=O) groups excluding carboxylic acids is 1. The summed E-state index contributed by atoms with van der Waals surface area (Å²) < 4.78 is 25.4. The molecule has 0 aliphatic heterocycles. The SMILES string of the molecule is COc1cc(C(=O)Nc2nnc(SCc3ccccc3F)s2)ccc1OCC(C)C. The molecule has 0 aliphatic carbocycles. The van der Waals surface area contributed by atoms with E-state index in [9.17, 15) is 9.18 Å². The molecule has 2 aromatic carbocycles. The monoisotopic (exact) mass is 447 g/mol. The van der Waals surface area contributed by atoms with Crippen LogP contribution in [0.5, 0.6) is 11.5 Å². The molecule has 1 N–H and O–H groups in total. The third kappa shape index (κ3) is 5.93. The van der Waals surface area contributed by atoms with Crippen LogP contribution >= 0.6 is 23.1 Å². The van der Waals surface area contributed by atoms with Gasteiger partial charge in [0.1, 0.15) is 5.82 Å². The fourth-order valence-electron chi connectivity index (χ4n) is 2.43. The Morgan fingerprint density at radius 1 is 1.20 bits per heavy atom. The number of halogens is 1. The van der Waals surface area contributed by atoms with Gasteiger partial charge >= 0.3 is 0 Å². The van der Waals surface area contributed by atoms with E-state index in [4.69, 9.17) is 9.47 Å². The van der Waals surface area contributed by atoms with Crippen molar-refractivity contribution >= 4 is 34.1 Å². The van der Waals surface area contributed by atoms with E-state index in [-0.39, 0.29) is 11.7 Å². The average Bonchev–Trinajstić information content (AvgIpc) is 3.18. The molecule has 0 unspecified atom stereocenters. The largest absolute Gasteiger partial charge is 0.493 e. The maximum atomic E-state index is 13.7. The standard InChI is InChI=1S/C21H22FN3O3S2/c1-13(2)11-28-17-9-8-14(10-18(17)27-3)19(26)23-20-24-25-21(30-20)29-12-15-6-4-5-7-16(15)22/h4-10,13H,11-12H2,1-3H3,(H,23,24,26). The van der Waals surface area contributed by atoms with Gasteiger partial charge in [0.15, 0.2) is 15.8 Å². The Morgan fingerprint density at radius 3 is 2.73 bits per heavy atom. The van der Waals surface area contributed by atoms with Crippen LogP contribution in [0, 0.1) is 11.7 Å². The topological polar surface area (TPSA) is 73.3 Å². The van der Waals surface area contributed by atoms with Crippen LogP contribution in [0.15, 0.2) is 46.8 Å². The van der Waals surface area contributed by atoms with Crippen LogP contribution in [0.1, 0.15) is 29.8 Å². The van der Waals surface area contributed by atoms with E-state index in [1.807, 2.05) is 0 Å². The number of anilines is 1. The zero-order chi connectivity index (χ0) is 21.5. The van der Waals surface area contributed by atoms with E-state index in [0.29, 0.717) is 50.4 Å². The number of carbonyl (C=O) groups is 1. The summed E-state index contributed by atoms with van der Waals surface area (Å²) in [6.45, 7) is 4.67. The van der Waals surface area contributed by atoms with Crippen molar-refractivity contribution in [3.05, 3.63) is 59.4 Å². The molecule has 30 heavy (non-hydrogen) atoms. The molecule has 3 aromatic rings. The van der Waals surface area contributed by atoms with Crippen molar-refractivity contribution in [3.8, 4) is 11.5 Å². The molecule has 0 aliphatic rings. The maximum Gasteiger partial charge on any atom is 0.257 e. The number of hydrogen-bond donors (Lipinski definition) is 1. The highest BCUT2D eigenvalue weighted by atomic mass is 32.2. The van der Waals surface area contributed by atoms with Crippen molar-refractivity contribution in [2.24, 2.45) is 5.92 Å². The molecule has 0 fully saturated rings. The number of hydrogen-bond acceptors (Lipinski definition) is 7. The van der Waals surface area contributed by atoms with Gasteiger partial charge in [0, 0.05) is 11.3 Å². The lowest BCUT2D eigenvalue weighted by atomic mass is 10.2. The second kappa shape index (κ2) is 10.4. The molecule has 1 aromatic heterocycles. The first-order valence-electron chi connectivity index (χ1n) is 9.28. The fourth-order valence-corrected chi connectivity index (χ4v) is 4.16. The average molecular weight is 448 g/mol. The van der Waals surface area contributed by atoms with Gasteiger partial charge in [-0.15, -0.1) is 10.2 Å². The lowest BCUT2D eigenvalue weighted by Gasteiger charge is -2.13. The number of nitrogens with one attached hydrogen (secondary N) is 1. The minimum absolute atomic E-state index is 0.252. The molecule has 1 amide bonds. The summed E-state index contributed by atoms with van der Waals surface area (Å²) >= 11 is 2.60. The zero-order valence-electron chi connectivity index (χ0n) is 16.8. The van der Waals surface area contributed by atoms with Crippen molar-refractivity contribution in [2.75, 3.05) is 19.0 Å². The number of methoxy groups -OCH3 is 1. The van der Waals surface area contributed by atoms with Crippen molar-refractivity contribution in [1.29, 1.82) is 0 Å². The van der Waals surface area contributed by atoms with Gasteiger partial charge in [-0.2, -0.15) is 0 Å². The first kappa shape index (κ1) is 22.0. The highest BCUT2D eigenvalue weighted by Crippen LogP contribution is 2.31.